The Balaban J connectivity index is 2.37. The van der Waals surface area contributed by atoms with E-state index in [9.17, 15) is 26.4 Å². The van der Waals surface area contributed by atoms with Crippen molar-refractivity contribution in [3.63, 3.8) is 0 Å². The van der Waals surface area contributed by atoms with E-state index in [0.29, 0.717) is 12.1 Å². The first kappa shape index (κ1) is 22.0. The van der Waals surface area contributed by atoms with E-state index in [2.05, 4.69) is 10.0 Å². The first-order chi connectivity index (χ1) is 13.1. The fraction of sp³-hybridized carbons (Fsp3) is 0.235. The molecular weight excluding hydrogens is 421 g/mol. The topological polar surface area (TPSA) is 84.5 Å². The molecule has 0 unspecified atom stereocenters. The molecule has 28 heavy (non-hydrogen) atoms. The summed E-state index contributed by atoms with van der Waals surface area (Å²) >= 11 is 5.80. The summed E-state index contributed by atoms with van der Waals surface area (Å²) in [6.45, 7) is 0.440. The van der Waals surface area contributed by atoms with E-state index >= 15 is 0 Å². The molecule has 0 aromatic heterocycles. The number of para-hydroxylation sites is 1. The van der Waals surface area contributed by atoms with Gasteiger partial charge in [-0.25, -0.2) is 8.42 Å². The van der Waals surface area contributed by atoms with Crippen LogP contribution in [0.1, 0.15) is 15.9 Å². The third kappa shape index (κ3) is 5.37. The average molecular weight is 437 g/mol. The van der Waals surface area contributed by atoms with Crippen molar-refractivity contribution in [3.05, 3.63) is 58.6 Å². The number of sulfonamides is 1. The zero-order chi connectivity index (χ0) is 20.9. The molecular formula is C17H16ClF3N2O4S. The number of halogens is 4. The van der Waals surface area contributed by atoms with E-state index in [1.165, 1.54) is 31.4 Å². The second-order valence-electron chi connectivity index (χ2n) is 5.54. The van der Waals surface area contributed by atoms with Crippen molar-refractivity contribution in [3.8, 4) is 0 Å². The van der Waals surface area contributed by atoms with Crippen molar-refractivity contribution in [1.29, 1.82) is 0 Å². The summed E-state index contributed by atoms with van der Waals surface area (Å²) in [7, 11) is -3.04. The molecule has 0 fully saturated rings. The molecule has 2 N–H and O–H groups in total. The number of anilines is 1. The van der Waals surface area contributed by atoms with Crippen molar-refractivity contribution in [1.82, 2.24) is 5.32 Å². The molecule has 0 saturated heterocycles. The monoisotopic (exact) mass is 436 g/mol. The van der Waals surface area contributed by atoms with Gasteiger partial charge in [0.25, 0.3) is 15.9 Å². The molecule has 6 nitrogen and oxygen atoms in total. The largest absolute Gasteiger partial charge is 0.416 e. The Hall–Kier alpha value is -2.30. The molecule has 0 atom stereocenters. The molecule has 0 aliphatic carbocycles. The number of benzene rings is 2. The highest BCUT2D eigenvalue weighted by molar-refractivity contribution is 7.92. The minimum Gasteiger partial charge on any atom is -0.383 e. The smallest absolute Gasteiger partial charge is 0.383 e. The number of rotatable bonds is 7. The third-order valence-electron chi connectivity index (χ3n) is 3.56. The van der Waals surface area contributed by atoms with Crippen LogP contribution in [0.2, 0.25) is 5.02 Å². The van der Waals surface area contributed by atoms with E-state index < -0.39 is 32.6 Å². The normalized spacial score (nSPS) is 11.9. The number of amides is 1. The van der Waals surface area contributed by atoms with Crippen LogP contribution in [0.15, 0.2) is 47.4 Å². The van der Waals surface area contributed by atoms with Gasteiger partial charge < -0.3 is 10.1 Å². The first-order valence-electron chi connectivity index (χ1n) is 7.82. The van der Waals surface area contributed by atoms with E-state index in [-0.39, 0.29) is 29.4 Å². The first-order valence-corrected chi connectivity index (χ1v) is 9.68. The number of carbonyl (C=O) groups excluding carboxylic acids is 1. The molecule has 0 radical (unpaired) electrons. The molecule has 0 bridgehead atoms. The highest BCUT2D eigenvalue weighted by Crippen LogP contribution is 2.34. The zero-order valence-electron chi connectivity index (χ0n) is 14.5. The molecule has 2 rings (SSSR count). The molecule has 0 aliphatic heterocycles. The lowest BCUT2D eigenvalue weighted by molar-refractivity contribution is -0.137. The summed E-state index contributed by atoms with van der Waals surface area (Å²) in [5.41, 5.74) is -1.28. The second kappa shape index (κ2) is 8.80. The van der Waals surface area contributed by atoms with Crippen LogP contribution in [0, 0.1) is 0 Å². The molecule has 2 aromatic rings. The lowest BCUT2D eigenvalue weighted by atomic mass is 10.1. The van der Waals surface area contributed by atoms with Gasteiger partial charge in [-0.3, -0.25) is 9.52 Å². The van der Waals surface area contributed by atoms with E-state index in [4.69, 9.17) is 16.3 Å². The summed E-state index contributed by atoms with van der Waals surface area (Å²) in [6.07, 6.45) is -4.74. The molecule has 0 aliphatic rings. The Morgan fingerprint density at radius 1 is 1.18 bits per heavy atom. The van der Waals surface area contributed by atoms with Gasteiger partial charge in [-0.1, -0.05) is 23.7 Å². The van der Waals surface area contributed by atoms with E-state index in [1.807, 2.05) is 0 Å². The van der Waals surface area contributed by atoms with Gasteiger partial charge in [0.1, 0.15) is 4.90 Å². The van der Waals surface area contributed by atoms with Gasteiger partial charge in [-0.15, -0.1) is 0 Å². The number of alkyl halides is 3. The Bertz CT molecular complexity index is 965. The molecule has 2 aromatic carbocycles. The van der Waals surface area contributed by atoms with Crippen LogP contribution in [0.3, 0.4) is 0 Å². The van der Waals surface area contributed by atoms with Gasteiger partial charge >= 0.3 is 6.18 Å². The number of carbonyl (C=O) groups is 1. The van der Waals surface area contributed by atoms with Crippen molar-refractivity contribution >= 4 is 33.2 Å². The van der Waals surface area contributed by atoms with Crippen LogP contribution >= 0.6 is 11.6 Å². The average Bonchev–Trinajstić information content (AvgIpc) is 2.61. The summed E-state index contributed by atoms with van der Waals surface area (Å²) in [5, 5.41) is 2.15. The summed E-state index contributed by atoms with van der Waals surface area (Å²) in [6, 6.07) is 7.63. The Kier molecular flexibility index (Phi) is 6.91. The number of ether oxygens (including phenoxy) is 1. The molecule has 0 saturated carbocycles. The van der Waals surface area contributed by atoms with Gasteiger partial charge in [0.15, 0.2) is 0 Å². The molecule has 1 amide bonds. The Labute approximate surface area is 164 Å². The van der Waals surface area contributed by atoms with Gasteiger partial charge in [0.05, 0.1) is 28.4 Å². The van der Waals surface area contributed by atoms with Crippen molar-refractivity contribution in [2.45, 2.75) is 11.1 Å². The van der Waals surface area contributed by atoms with Crippen LogP contribution in [0.25, 0.3) is 0 Å². The fourth-order valence-electron chi connectivity index (χ4n) is 2.22. The molecule has 152 valence electrons. The minimum absolute atomic E-state index is 0.00900. The summed E-state index contributed by atoms with van der Waals surface area (Å²) in [4.78, 5) is 11.5. The minimum atomic E-state index is -4.74. The zero-order valence-corrected chi connectivity index (χ0v) is 16.1. The lowest BCUT2D eigenvalue weighted by Crippen LogP contribution is -2.28. The fourth-order valence-corrected chi connectivity index (χ4v) is 3.82. The van der Waals surface area contributed by atoms with Crippen molar-refractivity contribution in [2.75, 3.05) is 25.0 Å². The molecule has 0 spiro atoms. The number of hydrogen-bond donors (Lipinski definition) is 2. The summed E-state index contributed by atoms with van der Waals surface area (Å²) < 4.78 is 70.9. The predicted octanol–water partition coefficient (Wildman–Crippen LogP) is 3.54. The Morgan fingerprint density at radius 3 is 2.50 bits per heavy atom. The number of hydrogen-bond acceptors (Lipinski definition) is 4. The van der Waals surface area contributed by atoms with Crippen LogP contribution < -0.4 is 10.0 Å². The number of nitrogens with one attached hydrogen (secondary N) is 2. The van der Waals surface area contributed by atoms with Gasteiger partial charge in [0.2, 0.25) is 0 Å². The highest BCUT2D eigenvalue weighted by Gasteiger charge is 2.33. The van der Waals surface area contributed by atoms with Crippen LogP contribution in [-0.2, 0) is 20.9 Å². The van der Waals surface area contributed by atoms with E-state index in [0.717, 1.165) is 6.07 Å². The maximum atomic E-state index is 12.9. The SMILES string of the molecule is COCCNC(=O)c1ccccc1NS(=O)(=O)c1cc(C(F)(F)F)ccc1Cl. The van der Waals surface area contributed by atoms with Gasteiger partial charge in [0, 0.05) is 13.7 Å². The lowest BCUT2D eigenvalue weighted by Gasteiger charge is -2.15. The standard InChI is InChI=1S/C17H16ClF3N2O4S/c1-27-9-8-22-16(24)12-4-2-3-5-14(12)23-28(25,26)15-10-11(17(19,20)21)6-7-13(15)18/h2-7,10,23H,8-9H2,1H3,(H,22,24). The van der Waals surface area contributed by atoms with Crippen molar-refractivity contribution in [2.24, 2.45) is 0 Å². The van der Waals surface area contributed by atoms with Gasteiger partial charge in [-0.05, 0) is 30.3 Å². The summed E-state index contributed by atoms with van der Waals surface area (Å²) in [5.74, 6) is -0.578. The third-order valence-corrected chi connectivity index (χ3v) is 5.40. The van der Waals surface area contributed by atoms with Gasteiger partial charge in [-0.2, -0.15) is 13.2 Å². The van der Waals surface area contributed by atoms with Crippen LogP contribution in [0.4, 0.5) is 18.9 Å². The van der Waals surface area contributed by atoms with E-state index in [1.54, 1.807) is 0 Å². The van der Waals surface area contributed by atoms with Crippen molar-refractivity contribution < 1.29 is 31.1 Å². The maximum absolute atomic E-state index is 12.9. The van der Waals surface area contributed by atoms with Crippen LogP contribution in [-0.4, -0.2) is 34.6 Å². The highest BCUT2D eigenvalue weighted by atomic mass is 35.5. The number of methoxy groups -OCH3 is 1. The van der Waals surface area contributed by atoms with Crippen LogP contribution in [0.5, 0.6) is 0 Å². The Morgan fingerprint density at radius 2 is 1.86 bits per heavy atom. The molecule has 11 heteroatoms. The predicted molar refractivity (Wildman–Crippen MR) is 97.9 cm³/mol. The quantitative estimate of drug-likeness (QED) is 0.650. The molecule has 0 heterocycles. The maximum Gasteiger partial charge on any atom is 0.416 e. The second-order valence-corrected chi connectivity index (χ2v) is 7.60.